The number of nitrogens with one attached hydrogen (secondary N) is 2. The lowest BCUT2D eigenvalue weighted by Gasteiger charge is -2.15. The number of aliphatic imine (C=N–C) groups is 1. The second-order valence-corrected chi connectivity index (χ2v) is 5.00. The number of hydrogen-bond donors (Lipinski definition) is 2. The van der Waals surface area contributed by atoms with Crippen LogP contribution in [0.1, 0.15) is 25.8 Å². The molecule has 6 nitrogen and oxygen atoms in total. The molecule has 0 amide bonds. The molecule has 0 spiro atoms. The maximum absolute atomic E-state index is 12.4. The molecule has 1 aromatic rings. The summed E-state index contributed by atoms with van der Waals surface area (Å²) in [5, 5.41) is 6.34. The van der Waals surface area contributed by atoms with E-state index in [1.807, 2.05) is 6.92 Å². The van der Waals surface area contributed by atoms with E-state index in [1.165, 1.54) is 6.07 Å². The van der Waals surface area contributed by atoms with Crippen molar-refractivity contribution in [1.82, 2.24) is 10.6 Å². The Hall–Kier alpha value is -1.36. The minimum atomic E-state index is -2.89. The average Bonchev–Trinajstić information content (AvgIpc) is 2.59. The Kier molecular flexibility index (Phi) is 14.0. The molecule has 2 N–H and O–H groups in total. The smallest absolute Gasteiger partial charge is 0.387 e. The fraction of sp³-hybridized carbons (Fsp3) is 0.588. The Morgan fingerprint density at radius 2 is 1.92 bits per heavy atom. The summed E-state index contributed by atoms with van der Waals surface area (Å²) in [4.78, 5) is 4.14. The van der Waals surface area contributed by atoms with Crippen LogP contribution in [0.25, 0.3) is 0 Å². The summed E-state index contributed by atoms with van der Waals surface area (Å²) < 4.78 is 39.9. The molecule has 1 rings (SSSR count). The SMILES string of the molecule is CCOCCCNC(=NC)NCc1ccc(OC(F)F)c(OCC)c1.I. The van der Waals surface area contributed by atoms with Crippen LogP contribution in [-0.4, -0.2) is 46.0 Å². The van der Waals surface area contributed by atoms with Gasteiger partial charge < -0.3 is 24.8 Å². The molecule has 0 saturated carbocycles. The standard InChI is InChI=1S/C17H27F2N3O3.HI/c1-4-23-10-6-9-21-17(20-3)22-12-13-7-8-14(25-16(18)19)15(11-13)24-5-2;/h7-8,11,16H,4-6,9-10,12H2,1-3H3,(H2,20,21,22);1H. The molecule has 0 aliphatic carbocycles. The number of nitrogens with zero attached hydrogens (tertiary/aromatic N) is 1. The molecule has 150 valence electrons. The van der Waals surface area contributed by atoms with Crippen molar-refractivity contribution < 1.29 is 23.0 Å². The molecule has 0 unspecified atom stereocenters. The van der Waals surface area contributed by atoms with Crippen molar-refractivity contribution in [3.8, 4) is 11.5 Å². The summed E-state index contributed by atoms with van der Waals surface area (Å²) in [5.41, 5.74) is 0.863. The zero-order valence-electron chi connectivity index (χ0n) is 15.4. The number of benzene rings is 1. The monoisotopic (exact) mass is 487 g/mol. The zero-order valence-corrected chi connectivity index (χ0v) is 17.7. The molecule has 0 aliphatic rings. The summed E-state index contributed by atoms with van der Waals surface area (Å²) in [5.74, 6) is 0.975. The fourth-order valence-corrected chi connectivity index (χ4v) is 2.06. The van der Waals surface area contributed by atoms with Crippen LogP contribution in [0.2, 0.25) is 0 Å². The zero-order chi connectivity index (χ0) is 18.5. The molecule has 0 atom stereocenters. The fourth-order valence-electron chi connectivity index (χ4n) is 2.06. The van der Waals surface area contributed by atoms with Crippen LogP contribution in [0.5, 0.6) is 11.5 Å². The summed E-state index contributed by atoms with van der Waals surface area (Å²) in [6.45, 7) is 3.84. The van der Waals surface area contributed by atoms with Crippen LogP contribution < -0.4 is 20.1 Å². The van der Waals surface area contributed by atoms with Crippen molar-refractivity contribution in [2.75, 3.05) is 33.4 Å². The number of guanidine groups is 1. The number of hydrogen-bond acceptors (Lipinski definition) is 4. The Morgan fingerprint density at radius 3 is 2.54 bits per heavy atom. The first-order valence-corrected chi connectivity index (χ1v) is 8.33. The molecule has 26 heavy (non-hydrogen) atoms. The Balaban J connectivity index is 0.00000625. The van der Waals surface area contributed by atoms with Crippen molar-refractivity contribution in [3.63, 3.8) is 0 Å². The average molecular weight is 487 g/mol. The van der Waals surface area contributed by atoms with E-state index in [9.17, 15) is 8.78 Å². The van der Waals surface area contributed by atoms with E-state index in [0.717, 1.165) is 18.5 Å². The Labute approximate surface area is 170 Å². The van der Waals surface area contributed by atoms with Crippen LogP contribution >= 0.6 is 24.0 Å². The van der Waals surface area contributed by atoms with Gasteiger partial charge >= 0.3 is 6.61 Å². The van der Waals surface area contributed by atoms with E-state index in [-0.39, 0.29) is 29.7 Å². The normalized spacial score (nSPS) is 11.1. The Bertz CT molecular complexity index is 534. The van der Waals surface area contributed by atoms with Crippen molar-refractivity contribution in [2.45, 2.75) is 33.4 Å². The van der Waals surface area contributed by atoms with E-state index in [4.69, 9.17) is 9.47 Å². The topological polar surface area (TPSA) is 64.1 Å². The van der Waals surface area contributed by atoms with Gasteiger partial charge in [-0.3, -0.25) is 4.99 Å². The molecule has 0 bridgehead atoms. The van der Waals surface area contributed by atoms with Gasteiger partial charge in [0.15, 0.2) is 17.5 Å². The summed E-state index contributed by atoms with van der Waals surface area (Å²) in [7, 11) is 1.68. The third-order valence-corrected chi connectivity index (χ3v) is 3.17. The number of alkyl halides is 2. The van der Waals surface area contributed by atoms with Crippen LogP contribution in [0, 0.1) is 0 Å². The van der Waals surface area contributed by atoms with E-state index in [0.29, 0.717) is 38.1 Å². The lowest BCUT2D eigenvalue weighted by molar-refractivity contribution is -0.0514. The highest BCUT2D eigenvalue weighted by Gasteiger charge is 2.11. The molecule has 0 fully saturated rings. The van der Waals surface area contributed by atoms with Gasteiger partial charge in [-0.2, -0.15) is 8.78 Å². The second-order valence-electron chi connectivity index (χ2n) is 5.00. The highest BCUT2D eigenvalue weighted by atomic mass is 127. The van der Waals surface area contributed by atoms with Crippen molar-refractivity contribution >= 4 is 29.9 Å². The summed E-state index contributed by atoms with van der Waals surface area (Å²) in [6, 6.07) is 4.86. The third kappa shape index (κ3) is 9.95. The van der Waals surface area contributed by atoms with Gasteiger partial charge in [0.25, 0.3) is 0 Å². The molecule has 1 aromatic carbocycles. The maximum Gasteiger partial charge on any atom is 0.387 e. The predicted molar refractivity (Wildman–Crippen MR) is 109 cm³/mol. The van der Waals surface area contributed by atoms with E-state index in [1.54, 1.807) is 26.1 Å². The second kappa shape index (κ2) is 14.8. The van der Waals surface area contributed by atoms with E-state index < -0.39 is 6.61 Å². The number of rotatable bonds is 11. The molecular weight excluding hydrogens is 459 g/mol. The molecule has 0 aromatic heterocycles. The lowest BCUT2D eigenvalue weighted by atomic mass is 10.2. The Morgan fingerprint density at radius 1 is 1.15 bits per heavy atom. The van der Waals surface area contributed by atoms with Crippen molar-refractivity contribution in [3.05, 3.63) is 23.8 Å². The van der Waals surface area contributed by atoms with Gasteiger partial charge in [-0.15, -0.1) is 24.0 Å². The molecule has 0 aliphatic heterocycles. The molecule has 0 saturated heterocycles. The first kappa shape index (κ1) is 24.6. The predicted octanol–water partition coefficient (Wildman–Crippen LogP) is 3.40. The maximum atomic E-state index is 12.4. The van der Waals surface area contributed by atoms with Gasteiger partial charge in [0.2, 0.25) is 0 Å². The van der Waals surface area contributed by atoms with Crippen LogP contribution in [0.4, 0.5) is 8.78 Å². The van der Waals surface area contributed by atoms with Gasteiger partial charge in [0, 0.05) is 33.4 Å². The highest BCUT2D eigenvalue weighted by Crippen LogP contribution is 2.29. The molecular formula is C17H28F2IN3O3. The van der Waals surface area contributed by atoms with Crippen molar-refractivity contribution in [2.24, 2.45) is 4.99 Å². The molecule has 9 heteroatoms. The molecule has 0 radical (unpaired) electrons. The van der Waals surface area contributed by atoms with Crippen molar-refractivity contribution in [1.29, 1.82) is 0 Å². The quantitative estimate of drug-likeness (QED) is 0.217. The van der Waals surface area contributed by atoms with Gasteiger partial charge in [0.1, 0.15) is 0 Å². The third-order valence-electron chi connectivity index (χ3n) is 3.17. The molecule has 0 heterocycles. The lowest BCUT2D eigenvalue weighted by Crippen LogP contribution is -2.37. The first-order chi connectivity index (χ1) is 12.1. The summed E-state index contributed by atoms with van der Waals surface area (Å²) >= 11 is 0. The van der Waals surface area contributed by atoms with Gasteiger partial charge in [-0.1, -0.05) is 6.07 Å². The number of halogens is 3. The van der Waals surface area contributed by atoms with E-state index in [2.05, 4.69) is 20.4 Å². The van der Waals surface area contributed by atoms with E-state index >= 15 is 0 Å². The minimum Gasteiger partial charge on any atom is -0.490 e. The van der Waals surface area contributed by atoms with Crippen LogP contribution in [-0.2, 0) is 11.3 Å². The highest BCUT2D eigenvalue weighted by molar-refractivity contribution is 14.0. The number of ether oxygens (including phenoxy) is 3. The van der Waals surface area contributed by atoms with Gasteiger partial charge in [-0.25, -0.2) is 0 Å². The van der Waals surface area contributed by atoms with Crippen LogP contribution in [0.3, 0.4) is 0 Å². The minimum absolute atomic E-state index is 0. The summed E-state index contributed by atoms with van der Waals surface area (Å²) in [6.07, 6.45) is 0.878. The first-order valence-electron chi connectivity index (χ1n) is 8.33. The van der Waals surface area contributed by atoms with Gasteiger partial charge in [-0.05, 0) is 38.0 Å². The van der Waals surface area contributed by atoms with Gasteiger partial charge in [0.05, 0.1) is 6.61 Å². The largest absolute Gasteiger partial charge is 0.490 e. The van der Waals surface area contributed by atoms with Crippen LogP contribution in [0.15, 0.2) is 23.2 Å².